The lowest BCUT2D eigenvalue weighted by Gasteiger charge is -2.29. The van der Waals surface area contributed by atoms with Crippen LogP contribution in [-0.2, 0) is 0 Å². The maximum absolute atomic E-state index is 10.9. The van der Waals surface area contributed by atoms with Gasteiger partial charge < -0.3 is 10.2 Å². The second-order valence-electron chi connectivity index (χ2n) is 6.03. The molecule has 3 rings (SSSR count). The highest BCUT2D eigenvalue weighted by atomic mass is 79.9. The number of nitro benzene ring substituents is 1. The van der Waals surface area contributed by atoms with Crippen molar-refractivity contribution in [2.75, 3.05) is 24.5 Å². The Kier molecular flexibility index (Phi) is 4.45. The van der Waals surface area contributed by atoms with Crippen LogP contribution in [0.1, 0.15) is 25.7 Å². The summed E-state index contributed by atoms with van der Waals surface area (Å²) in [5, 5.41) is 14.4. The van der Waals surface area contributed by atoms with E-state index in [0.717, 1.165) is 35.7 Å². The zero-order chi connectivity index (χ0) is 14.8. The number of nitrogens with one attached hydrogen (secondary N) is 1. The second kappa shape index (κ2) is 6.32. The molecule has 1 aromatic carbocycles. The highest BCUT2D eigenvalue weighted by molar-refractivity contribution is 9.10. The molecule has 114 valence electrons. The average Bonchev–Trinajstić information content (AvgIpc) is 3.11. The summed E-state index contributed by atoms with van der Waals surface area (Å²) >= 11 is 3.51. The van der Waals surface area contributed by atoms with Gasteiger partial charge in [-0.25, -0.2) is 0 Å². The SMILES string of the molecule is O=[N+]([O-])c1ccc(N(CC2CC2)CC2CCCN2)c(Br)c1. The molecule has 0 bridgehead atoms. The van der Waals surface area contributed by atoms with E-state index in [4.69, 9.17) is 0 Å². The van der Waals surface area contributed by atoms with Crippen molar-refractivity contribution in [1.82, 2.24) is 5.32 Å². The van der Waals surface area contributed by atoms with Gasteiger partial charge >= 0.3 is 0 Å². The molecule has 1 saturated heterocycles. The van der Waals surface area contributed by atoms with Crippen molar-refractivity contribution in [3.63, 3.8) is 0 Å². The molecule has 2 fully saturated rings. The third-order valence-corrected chi connectivity index (χ3v) is 4.90. The van der Waals surface area contributed by atoms with Crippen LogP contribution in [0.2, 0.25) is 0 Å². The van der Waals surface area contributed by atoms with Crippen LogP contribution in [-0.4, -0.2) is 30.6 Å². The number of benzene rings is 1. The molecule has 1 aliphatic carbocycles. The van der Waals surface area contributed by atoms with Gasteiger partial charge in [-0.15, -0.1) is 0 Å². The molecule has 1 N–H and O–H groups in total. The molecule has 0 radical (unpaired) electrons. The van der Waals surface area contributed by atoms with Crippen LogP contribution in [0.25, 0.3) is 0 Å². The fraction of sp³-hybridized carbons (Fsp3) is 0.600. The van der Waals surface area contributed by atoms with Crippen molar-refractivity contribution in [3.8, 4) is 0 Å². The van der Waals surface area contributed by atoms with Crippen LogP contribution in [0.5, 0.6) is 0 Å². The molecule has 1 saturated carbocycles. The van der Waals surface area contributed by atoms with Crippen LogP contribution in [0, 0.1) is 16.0 Å². The van der Waals surface area contributed by atoms with Gasteiger partial charge in [0.05, 0.1) is 10.6 Å². The van der Waals surface area contributed by atoms with Gasteiger partial charge in [-0.1, -0.05) is 0 Å². The van der Waals surface area contributed by atoms with Crippen molar-refractivity contribution < 1.29 is 4.92 Å². The van der Waals surface area contributed by atoms with Crippen LogP contribution >= 0.6 is 15.9 Å². The first-order chi connectivity index (χ1) is 10.1. The molecule has 1 atom stereocenters. The highest BCUT2D eigenvalue weighted by Gasteiger charge is 2.28. The summed E-state index contributed by atoms with van der Waals surface area (Å²) in [4.78, 5) is 12.9. The summed E-state index contributed by atoms with van der Waals surface area (Å²) in [7, 11) is 0. The standard InChI is InChI=1S/C15H20BrN3O2/c16-14-8-13(19(20)21)5-6-15(14)18(9-11-3-4-11)10-12-2-1-7-17-12/h5-6,8,11-12,17H,1-4,7,9-10H2. The lowest BCUT2D eigenvalue weighted by molar-refractivity contribution is -0.384. The predicted molar refractivity (Wildman–Crippen MR) is 86.8 cm³/mol. The molecule has 5 nitrogen and oxygen atoms in total. The van der Waals surface area contributed by atoms with Gasteiger partial charge in [0, 0.05) is 35.7 Å². The molecule has 2 aliphatic rings. The van der Waals surface area contributed by atoms with Gasteiger partial charge in [-0.3, -0.25) is 10.1 Å². The van der Waals surface area contributed by atoms with Crippen LogP contribution < -0.4 is 10.2 Å². The van der Waals surface area contributed by atoms with E-state index >= 15 is 0 Å². The predicted octanol–water partition coefficient (Wildman–Crippen LogP) is 3.33. The number of nitrogens with zero attached hydrogens (tertiary/aromatic N) is 2. The molecule has 1 heterocycles. The highest BCUT2D eigenvalue weighted by Crippen LogP contribution is 2.35. The number of rotatable bonds is 6. The Morgan fingerprint density at radius 3 is 2.71 bits per heavy atom. The minimum Gasteiger partial charge on any atom is -0.369 e. The van der Waals surface area contributed by atoms with E-state index in [1.165, 1.54) is 25.7 Å². The minimum absolute atomic E-state index is 0.135. The van der Waals surface area contributed by atoms with Crippen molar-refractivity contribution in [2.45, 2.75) is 31.7 Å². The van der Waals surface area contributed by atoms with Gasteiger partial charge in [0.15, 0.2) is 0 Å². The van der Waals surface area contributed by atoms with Gasteiger partial charge in [-0.05, 0) is 60.1 Å². The summed E-state index contributed by atoms with van der Waals surface area (Å²) in [6.07, 6.45) is 5.06. The Hall–Kier alpha value is -1.14. The summed E-state index contributed by atoms with van der Waals surface area (Å²) in [6.45, 7) is 3.13. The van der Waals surface area contributed by atoms with E-state index in [9.17, 15) is 10.1 Å². The van der Waals surface area contributed by atoms with E-state index < -0.39 is 0 Å². The molecule has 0 amide bonds. The number of non-ortho nitro benzene ring substituents is 1. The molecular weight excluding hydrogens is 334 g/mol. The number of halogens is 1. The largest absolute Gasteiger partial charge is 0.369 e. The van der Waals surface area contributed by atoms with E-state index in [1.54, 1.807) is 12.1 Å². The smallest absolute Gasteiger partial charge is 0.270 e. The first-order valence-corrected chi connectivity index (χ1v) is 8.35. The molecule has 6 heteroatoms. The Balaban J connectivity index is 1.78. The first-order valence-electron chi connectivity index (χ1n) is 7.56. The fourth-order valence-electron chi connectivity index (χ4n) is 2.93. The van der Waals surface area contributed by atoms with E-state index in [2.05, 4.69) is 26.1 Å². The van der Waals surface area contributed by atoms with Crippen molar-refractivity contribution >= 4 is 27.3 Å². The molecule has 0 aromatic heterocycles. The molecule has 0 spiro atoms. The van der Waals surface area contributed by atoms with Crippen LogP contribution in [0.4, 0.5) is 11.4 Å². The zero-order valence-electron chi connectivity index (χ0n) is 11.9. The van der Waals surface area contributed by atoms with E-state index in [-0.39, 0.29) is 10.6 Å². The molecule has 1 aliphatic heterocycles. The van der Waals surface area contributed by atoms with Crippen LogP contribution in [0.15, 0.2) is 22.7 Å². The number of nitro groups is 1. The van der Waals surface area contributed by atoms with Gasteiger partial charge in [0.25, 0.3) is 5.69 Å². The topological polar surface area (TPSA) is 58.4 Å². The molecular formula is C15H20BrN3O2. The average molecular weight is 354 g/mol. The Morgan fingerprint density at radius 2 is 2.14 bits per heavy atom. The monoisotopic (exact) mass is 353 g/mol. The Labute approximate surface area is 133 Å². The van der Waals surface area contributed by atoms with Gasteiger partial charge in [0.1, 0.15) is 0 Å². The summed E-state index contributed by atoms with van der Waals surface area (Å²) in [5.41, 5.74) is 1.21. The maximum atomic E-state index is 10.9. The minimum atomic E-state index is -0.349. The van der Waals surface area contributed by atoms with E-state index in [0.29, 0.717) is 6.04 Å². The third-order valence-electron chi connectivity index (χ3n) is 4.26. The summed E-state index contributed by atoms with van der Waals surface area (Å²) in [6, 6.07) is 5.62. The quantitative estimate of drug-likeness (QED) is 0.629. The zero-order valence-corrected chi connectivity index (χ0v) is 13.5. The lowest BCUT2D eigenvalue weighted by atomic mass is 10.1. The third kappa shape index (κ3) is 3.74. The summed E-state index contributed by atoms with van der Waals surface area (Å²) in [5.74, 6) is 0.786. The number of anilines is 1. The fourth-order valence-corrected chi connectivity index (χ4v) is 3.55. The Bertz CT molecular complexity index is 528. The van der Waals surface area contributed by atoms with Crippen molar-refractivity contribution in [3.05, 3.63) is 32.8 Å². The summed E-state index contributed by atoms with van der Waals surface area (Å²) < 4.78 is 0.815. The molecule has 21 heavy (non-hydrogen) atoms. The lowest BCUT2D eigenvalue weighted by Crippen LogP contribution is -2.38. The van der Waals surface area contributed by atoms with Gasteiger partial charge in [0.2, 0.25) is 0 Å². The first kappa shape index (κ1) is 14.8. The Morgan fingerprint density at radius 1 is 1.33 bits per heavy atom. The van der Waals surface area contributed by atoms with Crippen LogP contribution in [0.3, 0.4) is 0 Å². The molecule has 1 unspecified atom stereocenters. The molecule has 1 aromatic rings. The maximum Gasteiger partial charge on any atom is 0.270 e. The normalized spacial score (nSPS) is 21.5. The van der Waals surface area contributed by atoms with E-state index in [1.807, 2.05) is 6.07 Å². The number of hydrogen-bond donors (Lipinski definition) is 1. The van der Waals surface area contributed by atoms with Crippen molar-refractivity contribution in [1.29, 1.82) is 0 Å². The van der Waals surface area contributed by atoms with Gasteiger partial charge in [-0.2, -0.15) is 0 Å². The van der Waals surface area contributed by atoms with Crippen molar-refractivity contribution in [2.24, 2.45) is 5.92 Å². The number of hydrogen-bond acceptors (Lipinski definition) is 4. The second-order valence-corrected chi connectivity index (χ2v) is 6.89.